The fourth-order valence-corrected chi connectivity index (χ4v) is 1.85. The summed E-state index contributed by atoms with van der Waals surface area (Å²) in [5, 5.41) is 24.0. The first-order valence-electron chi connectivity index (χ1n) is 6.94. The van der Waals surface area contributed by atoms with E-state index < -0.39 is 17.4 Å². The lowest BCUT2D eigenvalue weighted by atomic mass is 10.2. The van der Waals surface area contributed by atoms with Gasteiger partial charge in [-0.1, -0.05) is 18.2 Å². The summed E-state index contributed by atoms with van der Waals surface area (Å²) in [4.78, 5) is 22.0. The smallest absolute Gasteiger partial charge is 0.311 e. The Morgan fingerprint density at radius 2 is 2.17 bits per heavy atom. The van der Waals surface area contributed by atoms with Crippen LogP contribution in [0.15, 0.2) is 47.6 Å². The maximum Gasteiger partial charge on any atom is 0.311 e. The third kappa shape index (κ3) is 4.80. The number of hydrazone groups is 1. The Hall–Kier alpha value is -3.42. The molecule has 0 unspecified atom stereocenters. The molecule has 2 N–H and O–H groups in total. The number of phenols is 1. The number of aryl methyl sites for hydroxylation is 1. The zero-order chi connectivity index (χ0) is 17.5. The highest BCUT2D eigenvalue weighted by Crippen LogP contribution is 2.27. The Labute approximate surface area is 137 Å². The molecule has 0 radical (unpaired) electrons. The van der Waals surface area contributed by atoms with Crippen LogP contribution in [0.3, 0.4) is 0 Å². The standard InChI is InChI=1S/C16H15N3O5/c1-11-5-6-15(14(7-11)19(22)23)24-10-16(21)18-17-9-12-3-2-4-13(20)8-12/h2-9,20H,10H2,1H3,(H,18,21)/b17-9-. The summed E-state index contributed by atoms with van der Waals surface area (Å²) in [6, 6.07) is 10.8. The van der Waals surface area contributed by atoms with Crippen LogP contribution in [0.2, 0.25) is 0 Å². The number of carbonyl (C=O) groups excluding carboxylic acids is 1. The van der Waals surface area contributed by atoms with E-state index in [-0.39, 0.29) is 17.2 Å². The lowest BCUT2D eigenvalue weighted by Crippen LogP contribution is -2.24. The molecule has 1 amide bonds. The Morgan fingerprint density at radius 1 is 1.38 bits per heavy atom. The first-order chi connectivity index (χ1) is 11.5. The Kier molecular flexibility index (Phi) is 5.45. The van der Waals surface area contributed by atoms with Crippen molar-refractivity contribution in [2.75, 3.05) is 6.61 Å². The van der Waals surface area contributed by atoms with Gasteiger partial charge in [0, 0.05) is 6.07 Å². The number of rotatable bonds is 6. The quantitative estimate of drug-likeness (QED) is 0.479. The summed E-state index contributed by atoms with van der Waals surface area (Å²) in [7, 11) is 0. The van der Waals surface area contributed by atoms with E-state index >= 15 is 0 Å². The van der Waals surface area contributed by atoms with Crippen LogP contribution in [-0.4, -0.2) is 28.8 Å². The normalized spacial score (nSPS) is 10.5. The van der Waals surface area contributed by atoms with Crippen LogP contribution in [0, 0.1) is 17.0 Å². The molecule has 0 atom stereocenters. The van der Waals surface area contributed by atoms with E-state index in [4.69, 9.17) is 4.74 Å². The summed E-state index contributed by atoms with van der Waals surface area (Å²) in [5.41, 5.74) is 3.35. The second-order valence-electron chi connectivity index (χ2n) is 4.91. The second kappa shape index (κ2) is 7.73. The summed E-state index contributed by atoms with van der Waals surface area (Å²) in [6.07, 6.45) is 1.35. The number of nitro groups is 1. The van der Waals surface area contributed by atoms with Crippen molar-refractivity contribution in [3.63, 3.8) is 0 Å². The SMILES string of the molecule is Cc1ccc(OCC(=O)N/N=C\c2cccc(O)c2)c([N+](=O)[O-])c1. The van der Waals surface area contributed by atoms with Crippen molar-refractivity contribution >= 4 is 17.8 Å². The van der Waals surface area contributed by atoms with Crippen LogP contribution in [0.25, 0.3) is 0 Å². The minimum atomic E-state index is -0.569. The number of benzene rings is 2. The van der Waals surface area contributed by atoms with Gasteiger partial charge in [-0.05, 0) is 36.2 Å². The molecule has 24 heavy (non-hydrogen) atoms. The molecule has 8 nitrogen and oxygen atoms in total. The number of ether oxygens (including phenoxy) is 1. The summed E-state index contributed by atoms with van der Waals surface area (Å²) < 4.78 is 5.17. The third-order valence-corrected chi connectivity index (χ3v) is 2.94. The lowest BCUT2D eigenvalue weighted by molar-refractivity contribution is -0.385. The molecule has 0 aliphatic heterocycles. The van der Waals surface area contributed by atoms with E-state index in [0.717, 1.165) is 0 Å². The van der Waals surface area contributed by atoms with Gasteiger partial charge in [0.25, 0.3) is 5.91 Å². The van der Waals surface area contributed by atoms with E-state index in [0.29, 0.717) is 11.1 Å². The van der Waals surface area contributed by atoms with Crippen molar-refractivity contribution in [3.05, 3.63) is 63.7 Å². The topological polar surface area (TPSA) is 114 Å². The number of hydrogen-bond donors (Lipinski definition) is 2. The number of aromatic hydroxyl groups is 1. The number of nitro benzene ring substituents is 1. The van der Waals surface area contributed by atoms with Crippen LogP contribution < -0.4 is 10.2 Å². The molecule has 2 aromatic carbocycles. The molecular formula is C16H15N3O5. The van der Waals surface area contributed by atoms with Gasteiger partial charge in [-0.15, -0.1) is 0 Å². The van der Waals surface area contributed by atoms with Crippen LogP contribution in [0.4, 0.5) is 5.69 Å². The molecule has 0 saturated heterocycles. The number of hydrogen-bond acceptors (Lipinski definition) is 6. The molecule has 0 fully saturated rings. The van der Waals surface area contributed by atoms with Crippen LogP contribution in [0.1, 0.15) is 11.1 Å². The molecule has 0 spiro atoms. The van der Waals surface area contributed by atoms with Crippen molar-refractivity contribution in [1.82, 2.24) is 5.43 Å². The highest BCUT2D eigenvalue weighted by Gasteiger charge is 2.16. The number of amides is 1. The lowest BCUT2D eigenvalue weighted by Gasteiger charge is -2.06. The molecule has 0 aliphatic rings. The zero-order valence-electron chi connectivity index (χ0n) is 12.8. The van der Waals surface area contributed by atoms with Crippen LogP contribution in [-0.2, 0) is 4.79 Å². The Bertz CT molecular complexity index is 789. The predicted molar refractivity (Wildman–Crippen MR) is 87.2 cm³/mol. The molecule has 0 bridgehead atoms. The second-order valence-corrected chi connectivity index (χ2v) is 4.91. The van der Waals surface area contributed by atoms with Crippen LogP contribution >= 0.6 is 0 Å². The highest BCUT2D eigenvalue weighted by atomic mass is 16.6. The van der Waals surface area contributed by atoms with Gasteiger partial charge < -0.3 is 9.84 Å². The molecular weight excluding hydrogens is 314 g/mol. The van der Waals surface area contributed by atoms with Crippen molar-refractivity contribution in [3.8, 4) is 11.5 Å². The molecule has 124 valence electrons. The maximum absolute atomic E-state index is 11.7. The van der Waals surface area contributed by atoms with Gasteiger partial charge in [-0.25, -0.2) is 5.43 Å². The minimum Gasteiger partial charge on any atom is -0.508 e. The average molecular weight is 329 g/mol. The maximum atomic E-state index is 11.7. The molecule has 0 aliphatic carbocycles. The van der Waals surface area contributed by atoms with E-state index in [1.807, 2.05) is 0 Å². The van der Waals surface area contributed by atoms with Crippen molar-refractivity contribution in [2.24, 2.45) is 5.10 Å². The molecule has 2 rings (SSSR count). The van der Waals surface area contributed by atoms with Crippen LogP contribution in [0.5, 0.6) is 11.5 Å². The Morgan fingerprint density at radius 3 is 2.88 bits per heavy atom. The number of nitrogens with one attached hydrogen (secondary N) is 1. The van der Waals surface area contributed by atoms with E-state index in [2.05, 4.69) is 10.5 Å². The largest absolute Gasteiger partial charge is 0.508 e. The first kappa shape index (κ1) is 16.9. The van der Waals surface area contributed by atoms with Gasteiger partial charge >= 0.3 is 5.69 Å². The van der Waals surface area contributed by atoms with Gasteiger partial charge in [0.2, 0.25) is 0 Å². The number of carbonyl (C=O) groups is 1. The summed E-state index contributed by atoms with van der Waals surface area (Å²) in [6.45, 7) is 1.31. The predicted octanol–water partition coefficient (Wildman–Crippen LogP) is 2.14. The van der Waals surface area contributed by atoms with E-state index in [1.54, 1.807) is 25.1 Å². The van der Waals surface area contributed by atoms with E-state index in [9.17, 15) is 20.0 Å². The molecule has 0 aromatic heterocycles. The van der Waals surface area contributed by atoms with Gasteiger partial charge in [-0.3, -0.25) is 14.9 Å². The average Bonchev–Trinajstić information content (AvgIpc) is 2.53. The van der Waals surface area contributed by atoms with Gasteiger partial charge in [0.1, 0.15) is 5.75 Å². The van der Waals surface area contributed by atoms with Gasteiger partial charge in [0.05, 0.1) is 11.1 Å². The van der Waals surface area contributed by atoms with Gasteiger partial charge in [-0.2, -0.15) is 5.10 Å². The first-order valence-corrected chi connectivity index (χ1v) is 6.94. The molecule has 2 aromatic rings. The monoisotopic (exact) mass is 329 g/mol. The molecule has 0 heterocycles. The fourth-order valence-electron chi connectivity index (χ4n) is 1.85. The Balaban J connectivity index is 1.91. The van der Waals surface area contributed by atoms with Crippen molar-refractivity contribution in [2.45, 2.75) is 6.92 Å². The number of phenolic OH excluding ortho intramolecular Hbond substituents is 1. The molecule has 8 heteroatoms. The fraction of sp³-hybridized carbons (Fsp3) is 0.125. The third-order valence-electron chi connectivity index (χ3n) is 2.94. The summed E-state index contributed by atoms with van der Waals surface area (Å²) in [5.74, 6) is -0.473. The minimum absolute atomic E-state index is 0.0118. The number of nitrogens with zero attached hydrogens (tertiary/aromatic N) is 2. The molecule has 0 saturated carbocycles. The van der Waals surface area contributed by atoms with Crippen molar-refractivity contribution in [1.29, 1.82) is 0 Å². The van der Waals surface area contributed by atoms with Gasteiger partial charge in [0.15, 0.2) is 12.4 Å². The zero-order valence-corrected chi connectivity index (χ0v) is 12.8. The highest BCUT2D eigenvalue weighted by molar-refractivity contribution is 5.83. The van der Waals surface area contributed by atoms with Crippen molar-refractivity contribution < 1.29 is 19.6 Å². The van der Waals surface area contributed by atoms with E-state index in [1.165, 1.54) is 30.5 Å². The summed E-state index contributed by atoms with van der Waals surface area (Å²) >= 11 is 0.